The number of hydrogen-bond acceptors (Lipinski definition) is 4. The van der Waals surface area contributed by atoms with Crippen molar-refractivity contribution in [3.8, 4) is 0 Å². The zero-order valence-corrected chi connectivity index (χ0v) is 21.8. The molecule has 0 bridgehead atoms. The van der Waals surface area contributed by atoms with E-state index in [1.54, 1.807) is 25.7 Å². The number of alkyl carbamates (subject to hydrolysis) is 1. The molecule has 3 amide bonds. The fraction of sp³-hybridized carbons (Fsp3) is 0.464. The van der Waals surface area contributed by atoms with E-state index in [4.69, 9.17) is 4.74 Å². The number of carbonyl (C=O) groups excluding carboxylic acids is 3. The molecule has 2 N–H and O–H groups in total. The number of ether oxygens (including phenoxy) is 1. The second-order valence-corrected chi connectivity index (χ2v) is 10.4. The van der Waals surface area contributed by atoms with Gasteiger partial charge in [0.05, 0.1) is 0 Å². The first-order chi connectivity index (χ1) is 16.4. The first-order valence-electron chi connectivity index (χ1n) is 12.1. The number of para-hydroxylation sites is 1. The maximum atomic E-state index is 13.9. The minimum absolute atomic E-state index is 0.0884. The van der Waals surface area contributed by atoms with Gasteiger partial charge in [-0.3, -0.25) is 9.59 Å². The van der Waals surface area contributed by atoms with Crippen LogP contribution in [0.2, 0.25) is 0 Å². The summed E-state index contributed by atoms with van der Waals surface area (Å²) >= 11 is 0. The highest BCUT2D eigenvalue weighted by Gasteiger charge is 2.47. The van der Waals surface area contributed by atoms with Crippen LogP contribution in [0.4, 0.5) is 10.5 Å². The Balaban J connectivity index is 1.96. The van der Waals surface area contributed by atoms with Crippen molar-refractivity contribution in [2.75, 3.05) is 11.9 Å². The first-order valence-corrected chi connectivity index (χ1v) is 12.1. The zero-order valence-electron chi connectivity index (χ0n) is 21.8. The fourth-order valence-electron chi connectivity index (χ4n) is 4.33. The fourth-order valence-corrected chi connectivity index (χ4v) is 4.33. The van der Waals surface area contributed by atoms with Crippen molar-refractivity contribution in [1.82, 2.24) is 10.2 Å². The van der Waals surface area contributed by atoms with Crippen LogP contribution in [0.3, 0.4) is 0 Å². The molecule has 3 unspecified atom stereocenters. The van der Waals surface area contributed by atoms with E-state index in [2.05, 4.69) is 17.6 Å². The van der Waals surface area contributed by atoms with Crippen LogP contribution >= 0.6 is 0 Å². The second-order valence-electron chi connectivity index (χ2n) is 10.4. The van der Waals surface area contributed by atoms with Gasteiger partial charge in [-0.15, -0.1) is 0 Å². The van der Waals surface area contributed by atoms with E-state index in [9.17, 15) is 14.4 Å². The first kappa shape index (κ1) is 26.3. The van der Waals surface area contributed by atoms with Gasteiger partial charge in [0.1, 0.15) is 18.2 Å². The number of hydrogen-bond donors (Lipinski definition) is 2. The van der Waals surface area contributed by atoms with E-state index in [1.165, 1.54) is 0 Å². The van der Waals surface area contributed by atoms with Gasteiger partial charge in [0.15, 0.2) is 0 Å². The van der Waals surface area contributed by atoms with E-state index < -0.39 is 17.7 Å². The van der Waals surface area contributed by atoms with E-state index >= 15 is 0 Å². The highest BCUT2D eigenvalue weighted by molar-refractivity contribution is 5.99. The van der Waals surface area contributed by atoms with Gasteiger partial charge in [-0.05, 0) is 82.2 Å². The van der Waals surface area contributed by atoms with Gasteiger partial charge in [-0.25, -0.2) is 4.79 Å². The van der Waals surface area contributed by atoms with Crippen molar-refractivity contribution in [2.45, 2.75) is 72.6 Å². The largest absolute Gasteiger partial charge is 0.444 e. The molecule has 0 aliphatic heterocycles. The molecule has 35 heavy (non-hydrogen) atoms. The summed E-state index contributed by atoms with van der Waals surface area (Å²) in [6.07, 6.45) is 0.139. The van der Waals surface area contributed by atoms with Gasteiger partial charge in [0, 0.05) is 11.7 Å². The predicted octanol–water partition coefficient (Wildman–Crippen LogP) is 5.05. The monoisotopic (exact) mass is 479 g/mol. The normalized spacial score (nSPS) is 17.8. The van der Waals surface area contributed by atoms with Crippen LogP contribution in [0, 0.1) is 26.7 Å². The molecule has 0 aromatic heterocycles. The Hall–Kier alpha value is -3.35. The molecule has 3 rings (SSSR count). The smallest absolute Gasteiger partial charge is 0.408 e. The van der Waals surface area contributed by atoms with Gasteiger partial charge in [0.25, 0.3) is 5.91 Å². The highest BCUT2D eigenvalue weighted by atomic mass is 16.6. The SMILES string of the molecule is Cc1ccccc1NC(=O)C(c1c(C)cccc1C)N(C(=O)CNC(=O)OC(C)(C)C)C1CC1C. The average Bonchev–Trinajstić information content (AvgIpc) is 3.47. The minimum Gasteiger partial charge on any atom is -0.444 e. The van der Waals surface area contributed by atoms with Crippen molar-refractivity contribution in [2.24, 2.45) is 5.92 Å². The Morgan fingerprint density at radius 3 is 2.11 bits per heavy atom. The quantitative estimate of drug-likeness (QED) is 0.582. The molecule has 1 fully saturated rings. The lowest BCUT2D eigenvalue weighted by Crippen LogP contribution is -2.48. The Morgan fingerprint density at radius 1 is 1.00 bits per heavy atom. The molecular formula is C28H37N3O4. The lowest BCUT2D eigenvalue weighted by molar-refractivity contribution is -0.139. The lowest BCUT2D eigenvalue weighted by atomic mass is 9.93. The van der Waals surface area contributed by atoms with Gasteiger partial charge in [0.2, 0.25) is 5.91 Å². The van der Waals surface area contributed by atoms with E-state index in [0.29, 0.717) is 5.69 Å². The maximum Gasteiger partial charge on any atom is 0.408 e. The van der Waals surface area contributed by atoms with Crippen molar-refractivity contribution in [1.29, 1.82) is 0 Å². The maximum absolute atomic E-state index is 13.9. The van der Waals surface area contributed by atoms with Crippen LogP contribution in [0.5, 0.6) is 0 Å². The number of aryl methyl sites for hydroxylation is 3. The molecular weight excluding hydrogens is 442 g/mol. The van der Waals surface area contributed by atoms with Crippen LogP contribution < -0.4 is 10.6 Å². The van der Waals surface area contributed by atoms with Gasteiger partial charge in [-0.1, -0.05) is 43.3 Å². The van der Waals surface area contributed by atoms with Crippen LogP contribution in [0.1, 0.15) is 62.4 Å². The lowest BCUT2D eigenvalue weighted by Gasteiger charge is -2.34. The van der Waals surface area contributed by atoms with Crippen LogP contribution in [-0.4, -0.2) is 41.0 Å². The molecule has 0 spiro atoms. The van der Waals surface area contributed by atoms with E-state index in [-0.39, 0.29) is 30.3 Å². The summed E-state index contributed by atoms with van der Waals surface area (Å²) in [5.41, 5.74) is 3.64. The average molecular weight is 480 g/mol. The van der Waals surface area contributed by atoms with Gasteiger partial charge in [-0.2, -0.15) is 0 Å². The Morgan fingerprint density at radius 2 is 1.57 bits per heavy atom. The summed E-state index contributed by atoms with van der Waals surface area (Å²) in [7, 11) is 0. The zero-order chi connectivity index (χ0) is 25.9. The van der Waals surface area contributed by atoms with Gasteiger partial charge < -0.3 is 20.3 Å². The van der Waals surface area contributed by atoms with Gasteiger partial charge >= 0.3 is 6.09 Å². The standard InChI is InChI=1S/C28H37N3O4/c1-17-11-8-9-14-21(17)30-26(33)25(24-18(2)12-10-13-19(24)3)31(22-15-20(22)4)23(32)16-29-27(34)35-28(5,6)7/h8-14,20,22,25H,15-16H2,1-7H3,(H,29,34)(H,30,33). The molecule has 188 valence electrons. The molecule has 2 aromatic carbocycles. The van der Waals surface area contributed by atoms with Crippen LogP contribution in [0.15, 0.2) is 42.5 Å². The number of benzene rings is 2. The summed E-state index contributed by atoms with van der Waals surface area (Å²) in [6.45, 7) is 12.9. The summed E-state index contributed by atoms with van der Waals surface area (Å²) in [6, 6.07) is 12.5. The third-order valence-electron chi connectivity index (χ3n) is 6.24. The van der Waals surface area contributed by atoms with Crippen LogP contribution in [0.25, 0.3) is 0 Å². The Labute approximate surface area is 208 Å². The van der Waals surface area contributed by atoms with E-state index in [0.717, 1.165) is 28.7 Å². The summed E-state index contributed by atoms with van der Waals surface area (Å²) in [5, 5.41) is 5.61. The Bertz CT molecular complexity index is 1090. The number of amides is 3. The Kier molecular flexibility index (Phi) is 7.88. The number of anilines is 1. The minimum atomic E-state index is -0.835. The number of nitrogens with zero attached hydrogens (tertiary/aromatic N) is 1. The molecule has 3 atom stereocenters. The molecule has 7 nitrogen and oxygen atoms in total. The summed E-state index contributed by atoms with van der Waals surface area (Å²) < 4.78 is 5.29. The van der Waals surface area contributed by atoms with E-state index in [1.807, 2.05) is 63.2 Å². The predicted molar refractivity (Wildman–Crippen MR) is 137 cm³/mol. The summed E-state index contributed by atoms with van der Waals surface area (Å²) in [5.74, 6) is -0.335. The third kappa shape index (κ3) is 6.62. The number of carbonyl (C=O) groups is 3. The molecule has 0 radical (unpaired) electrons. The molecule has 1 aliphatic carbocycles. The third-order valence-corrected chi connectivity index (χ3v) is 6.24. The van der Waals surface area contributed by atoms with Crippen molar-refractivity contribution in [3.05, 3.63) is 64.7 Å². The van der Waals surface area contributed by atoms with Crippen molar-refractivity contribution >= 4 is 23.6 Å². The molecule has 2 aromatic rings. The molecule has 7 heteroatoms. The van der Waals surface area contributed by atoms with Crippen LogP contribution in [-0.2, 0) is 14.3 Å². The molecule has 1 aliphatic rings. The highest BCUT2D eigenvalue weighted by Crippen LogP contribution is 2.41. The molecule has 0 saturated heterocycles. The summed E-state index contributed by atoms with van der Waals surface area (Å²) in [4.78, 5) is 41.3. The second kappa shape index (κ2) is 10.5. The number of nitrogens with one attached hydrogen (secondary N) is 2. The molecule has 0 heterocycles. The van der Waals surface area contributed by atoms with Crippen molar-refractivity contribution in [3.63, 3.8) is 0 Å². The topological polar surface area (TPSA) is 87.7 Å². The molecule has 1 saturated carbocycles. The number of rotatable bonds is 7. The van der Waals surface area contributed by atoms with Crippen molar-refractivity contribution < 1.29 is 19.1 Å².